The number of benzene rings is 3. The largest absolute Gasteiger partial charge is 0.492 e. The van der Waals surface area contributed by atoms with Crippen LogP contribution in [0.25, 0.3) is 22.3 Å². The zero-order valence-electron chi connectivity index (χ0n) is 33.3. The highest BCUT2D eigenvalue weighted by molar-refractivity contribution is 5.86. The number of rotatable bonds is 22. The van der Waals surface area contributed by atoms with Crippen LogP contribution in [0.5, 0.6) is 5.75 Å². The highest BCUT2D eigenvalue weighted by atomic mass is 19.1. The molecule has 7 nitrogen and oxygen atoms in total. The van der Waals surface area contributed by atoms with E-state index in [2.05, 4.69) is 50.8 Å². The second-order valence-electron chi connectivity index (χ2n) is 15.6. The molecule has 1 fully saturated rings. The van der Waals surface area contributed by atoms with Crippen LogP contribution in [0.1, 0.15) is 113 Å². The van der Waals surface area contributed by atoms with E-state index in [1.807, 2.05) is 12.1 Å². The van der Waals surface area contributed by atoms with Crippen LogP contribution >= 0.6 is 0 Å². The summed E-state index contributed by atoms with van der Waals surface area (Å²) in [6.07, 6.45) is 13.5. The fraction of sp³-hybridized carbons (Fsp3) is 0.543. The van der Waals surface area contributed by atoms with Gasteiger partial charge in [0.25, 0.3) is 0 Å². The smallest absolute Gasteiger partial charge is 0.333 e. The van der Waals surface area contributed by atoms with Crippen LogP contribution in [0.15, 0.2) is 60.7 Å². The second kappa shape index (κ2) is 21.5. The first-order valence-electron chi connectivity index (χ1n) is 20.5. The molecule has 0 radical (unpaired) electrons. The van der Waals surface area contributed by atoms with E-state index < -0.39 is 11.4 Å². The summed E-state index contributed by atoms with van der Waals surface area (Å²) in [5.41, 5.74) is 32.1. The number of halogens is 1. The third kappa shape index (κ3) is 11.5. The van der Waals surface area contributed by atoms with Crippen molar-refractivity contribution in [1.82, 2.24) is 0 Å². The van der Waals surface area contributed by atoms with E-state index in [9.17, 15) is 4.79 Å². The molecule has 8 N–H and O–H groups in total. The van der Waals surface area contributed by atoms with Gasteiger partial charge in [-0.15, -0.1) is 0 Å². The summed E-state index contributed by atoms with van der Waals surface area (Å²) >= 11 is 0. The number of carbonyl (C=O) groups is 1. The van der Waals surface area contributed by atoms with E-state index in [-0.39, 0.29) is 19.0 Å². The fourth-order valence-electron chi connectivity index (χ4n) is 7.78. The van der Waals surface area contributed by atoms with Crippen LogP contribution in [0.2, 0.25) is 0 Å². The van der Waals surface area contributed by atoms with Gasteiger partial charge in [-0.1, -0.05) is 76.4 Å². The van der Waals surface area contributed by atoms with Crippen LogP contribution in [0, 0.1) is 17.2 Å². The number of carbonyl (C=O) groups excluding carboxylic acids is 1. The maximum atomic E-state index is 15.9. The molecular weight excluding hydrogens is 676 g/mol. The van der Waals surface area contributed by atoms with Gasteiger partial charge in [0.05, 0.1) is 13.2 Å². The first-order chi connectivity index (χ1) is 26.1. The maximum Gasteiger partial charge on any atom is 0.333 e. The molecule has 3 aromatic rings. The molecule has 0 atom stereocenters. The van der Waals surface area contributed by atoms with E-state index >= 15 is 4.39 Å². The minimum atomic E-state index is -0.551. The van der Waals surface area contributed by atoms with Gasteiger partial charge in [0, 0.05) is 36.2 Å². The molecule has 1 aliphatic rings. The van der Waals surface area contributed by atoms with Crippen molar-refractivity contribution in [3.05, 3.63) is 88.8 Å². The van der Waals surface area contributed by atoms with Gasteiger partial charge in [-0.2, -0.15) is 0 Å². The molecule has 0 unspecified atom stereocenters. The molecule has 1 aliphatic carbocycles. The Balaban J connectivity index is 1.64. The predicted octanol–water partition coefficient (Wildman–Crippen LogP) is 8.76. The Kier molecular flexibility index (Phi) is 17.2. The predicted molar refractivity (Wildman–Crippen MR) is 222 cm³/mol. The molecule has 8 heteroatoms. The molecule has 0 heterocycles. The summed E-state index contributed by atoms with van der Waals surface area (Å²) in [7, 11) is 0. The van der Waals surface area contributed by atoms with Gasteiger partial charge in [-0.05, 0) is 140 Å². The number of unbranched alkanes of at least 4 members (excludes halogenated alkanes) is 2. The standard InChI is InChI=1S/C46H67FN4O3/c1-5-7-8-11-33-14-16-35(17-15-33)36-18-21-42(43(47)27-36)37-19-20-41(34(6-2)24-37)40-25-38(12-9-22-48)44(54-31-46(28-49,29-50)30-51)39(26-40)13-10-23-53-45(52)32(3)4/h18-21,24-27,33,35H,3,5-17,22-23,28-31,48-51H2,1-2,4H3. The minimum Gasteiger partial charge on any atom is -0.492 e. The Morgan fingerprint density at radius 2 is 1.46 bits per heavy atom. The topological polar surface area (TPSA) is 140 Å². The van der Waals surface area contributed by atoms with Crippen LogP contribution in [0.4, 0.5) is 4.39 Å². The van der Waals surface area contributed by atoms with Gasteiger partial charge >= 0.3 is 5.97 Å². The van der Waals surface area contributed by atoms with Crippen molar-refractivity contribution in [2.24, 2.45) is 34.3 Å². The quantitative estimate of drug-likeness (QED) is 0.0459. The Hall–Kier alpha value is -3.56. The van der Waals surface area contributed by atoms with Crippen molar-refractivity contribution in [3.63, 3.8) is 0 Å². The van der Waals surface area contributed by atoms with E-state index in [1.165, 1.54) is 38.5 Å². The average Bonchev–Trinajstić information content (AvgIpc) is 3.19. The average molecular weight is 743 g/mol. The molecule has 0 amide bonds. The van der Waals surface area contributed by atoms with Crippen molar-refractivity contribution in [1.29, 1.82) is 0 Å². The monoisotopic (exact) mass is 743 g/mol. The third-order valence-electron chi connectivity index (χ3n) is 11.5. The van der Waals surface area contributed by atoms with Crippen LogP contribution < -0.4 is 27.7 Å². The van der Waals surface area contributed by atoms with E-state index in [0.717, 1.165) is 82.7 Å². The lowest BCUT2D eigenvalue weighted by Crippen LogP contribution is -2.48. The number of aryl methyl sites for hydroxylation is 3. The fourth-order valence-corrected chi connectivity index (χ4v) is 7.78. The Bertz CT molecular complexity index is 1650. The van der Waals surface area contributed by atoms with Crippen molar-refractivity contribution < 1.29 is 18.7 Å². The SMILES string of the molecule is C=C(C)C(=O)OCCCc1cc(-c2ccc(-c3ccc(C4CCC(CCCCC)CC4)cc3F)cc2CC)cc(CCCN)c1OCC(CN)(CN)CN. The zero-order chi connectivity index (χ0) is 39.1. The van der Waals surface area contributed by atoms with Gasteiger partial charge in [0.1, 0.15) is 11.6 Å². The summed E-state index contributed by atoms with van der Waals surface area (Å²) in [4.78, 5) is 12.1. The summed E-state index contributed by atoms with van der Waals surface area (Å²) in [5.74, 6) is 1.49. The molecule has 4 rings (SSSR count). The molecule has 0 aliphatic heterocycles. The molecule has 296 valence electrons. The summed E-state index contributed by atoms with van der Waals surface area (Å²) < 4.78 is 27.9. The Morgan fingerprint density at radius 3 is 2.06 bits per heavy atom. The lowest BCUT2D eigenvalue weighted by Gasteiger charge is -2.30. The summed E-state index contributed by atoms with van der Waals surface area (Å²) in [5, 5.41) is 0. The van der Waals surface area contributed by atoms with Gasteiger partial charge in [-0.3, -0.25) is 0 Å². The highest BCUT2D eigenvalue weighted by Gasteiger charge is 2.28. The molecule has 3 aromatic carbocycles. The Morgan fingerprint density at radius 1 is 0.815 bits per heavy atom. The molecule has 54 heavy (non-hydrogen) atoms. The summed E-state index contributed by atoms with van der Waals surface area (Å²) in [6.45, 7) is 11.7. The number of hydrogen-bond acceptors (Lipinski definition) is 7. The maximum absolute atomic E-state index is 15.9. The molecule has 0 saturated heterocycles. The summed E-state index contributed by atoms with van der Waals surface area (Å²) in [6, 6.07) is 16.5. The van der Waals surface area contributed by atoms with Crippen molar-refractivity contribution in [2.45, 2.75) is 110 Å². The van der Waals surface area contributed by atoms with Crippen LogP contribution in [0.3, 0.4) is 0 Å². The molecule has 0 bridgehead atoms. The van der Waals surface area contributed by atoms with Crippen molar-refractivity contribution in [3.8, 4) is 28.0 Å². The Labute approximate surface area is 324 Å². The number of hydrogen-bond donors (Lipinski definition) is 4. The van der Waals surface area contributed by atoms with E-state index in [1.54, 1.807) is 13.0 Å². The first kappa shape index (κ1) is 43.2. The lowest BCUT2D eigenvalue weighted by atomic mass is 9.77. The number of esters is 1. The molecule has 0 aromatic heterocycles. The first-order valence-corrected chi connectivity index (χ1v) is 20.5. The zero-order valence-corrected chi connectivity index (χ0v) is 33.3. The number of ether oxygens (including phenoxy) is 2. The normalized spacial score (nSPS) is 16.0. The van der Waals surface area contributed by atoms with Crippen LogP contribution in [-0.2, 0) is 28.8 Å². The van der Waals surface area contributed by atoms with E-state index in [4.69, 9.17) is 32.4 Å². The minimum absolute atomic E-state index is 0.156. The van der Waals surface area contributed by atoms with Crippen molar-refractivity contribution in [2.75, 3.05) is 39.4 Å². The third-order valence-corrected chi connectivity index (χ3v) is 11.5. The molecular formula is C46H67FN4O3. The van der Waals surface area contributed by atoms with Gasteiger partial charge in [0.2, 0.25) is 0 Å². The number of nitrogens with two attached hydrogens (primary N) is 4. The molecule has 1 saturated carbocycles. The van der Waals surface area contributed by atoms with Gasteiger partial charge < -0.3 is 32.4 Å². The van der Waals surface area contributed by atoms with Gasteiger partial charge in [-0.25, -0.2) is 9.18 Å². The lowest BCUT2D eigenvalue weighted by molar-refractivity contribution is -0.139. The highest BCUT2D eigenvalue weighted by Crippen LogP contribution is 2.40. The van der Waals surface area contributed by atoms with E-state index in [0.29, 0.717) is 56.1 Å². The van der Waals surface area contributed by atoms with Gasteiger partial charge in [0.15, 0.2) is 0 Å². The second-order valence-corrected chi connectivity index (χ2v) is 15.6. The molecule has 0 spiro atoms. The van der Waals surface area contributed by atoms with Crippen LogP contribution in [-0.4, -0.2) is 45.4 Å². The van der Waals surface area contributed by atoms with Crippen molar-refractivity contribution >= 4 is 5.97 Å².